The zero-order valence-electron chi connectivity index (χ0n) is 24.1. The molecule has 1 N–H and O–H groups in total. The van der Waals surface area contributed by atoms with Crippen LogP contribution in [0.5, 0.6) is 0 Å². The molecule has 0 unspecified atom stereocenters. The van der Waals surface area contributed by atoms with E-state index in [2.05, 4.69) is 5.32 Å². The number of amides is 2. The van der Waals surface area contributed by atoms with Gasteiger partial charge in [-0.3, -0.25) is 13.9 Å². The van der Waals surface area contributed by atoms with Crippen LogP contribution < -0.4 is 9.62 Å². The highest BCUT2D eigenvalue weighted by molar-refractivity contribution is 7.98. The summed E-state index contributed by atoms with van der Waals surface area (Å²) in [5.41, 5.74) is 1.97. The van der Waals surface area contributed by atoms with Crippen molar-refractivity contribution in [2.75, 3.05) is 23.7 Å². The molecule has 0 fully saturated rings. The standard InChI is InChI=1S/C31H38ClN3O4S2/c1-6-29(31(37)33-19-22(2)3)34(20-24-9-7-8-10-28(24)32)30(36)21-35(25-13-11-23(4)12-14-25)41(38,39)27-17-15-26(40-5)16-18-27/h7-18,22,29H,6,19-21H2,1-5H3,(H,33,37)/t29-/m0/s1. The summed E-state index contributed by atoms with van der Waals surface area (Å²) in [5.74, 6) is -0.579. The quantitative estimate of drug-likeness (QED) is 0.233. The Balaban J connectivity index is 2.05. The van der Waals surface area contributed by atoms with Crippen LogP contribution in [0.25, 0.3) is 0 Å². The van der Waals surface area contributed by atoms with Crippen molar-refractivity contribution in [3.8, 4) is 0 Å². The number of rotatable bonds is 13. The van der Waals surface area contributed by atoms with Gasteiger partial charge in [-0.25, -0.2) is 8.42 Å². The van der Waals surface area contributed by atoms with E-state index in [-0.39, 0.29) is 23.3 Å². The molecular formula is C31H38ClN3O4S2. The zero-order chi connectivity index (χ0) is 30.2. The summed E-state index contributed by atoms with van der Waals surface area (Å²) >= 11 is 7.96. The summed E-state index contributed by atoms with van der Waals surface area (Å²) in [6, 6.07) is 19.8. The molecule has 0 aliphatic rings. The van der Waals surface area contributed by atoms with Gasteiger partial charge in [0.25, 0.3) is 10.0 Å². The van der Waals surface area contributed by atoms with Crippen molar-refractivity contribution < 1.29 is 18.0 Å². The lowest BCUT2D eigenvalue weighted by molar-refractivity contribution is -0.140. The second-order valence-corrected chi connectivity index (χ2v) is 13.3. The number of hydrogen-bond donors (Lipinski definition) is 1. The van der Waals surface area contributed by atoms with Crippen LogP contribution in [0, 0.1) is 12.8 Å². The molecule has 0 heterocycles. The molecule has 220 valence electrons. The number of hydrogen-bond acceptors (Lipinski definition) is 5. The number of nitrogens with one attached hydrogen (secondary N) is 1. The minimum absolute atomic E-state index is 0.0519. The van der Waals surface area contributed by atoms with Gasteiger partial charge in [-0.2, -0.15) is 0 Å². The summed E-state index contributed by atoms with van der Waals surface area (Å²) in [6.07, 6.45) is 2.25. The molecule has 41 heavy (non-hydrogen) atoms. The van der Waals surface area contributed by atoms with Crippen molar-refractivity contribution in [2.24, 2.45) is 5.92 Å². The van der Waals surface area contributed by atoms with E-state index in [4.69, 9.17) is 11.6 Å². The SMILES string of the molecule is CC[C@@H](C(=O)NCC(C)C)N(Cc1ccccc1Cl)C(=O)CN(c1ccc(C)cc1)S(=O)(=O)c1ccc(SC)cc1. The Morgan fingerprint density at radius 1 is 0.976 bits per heavy atom. The van der Waals surface area contributed by atoms with Gasteiger partial charge < -0.3 is 10.2 Å². The van der Waals surface area contributed by atoms with E-state index in [0.717, 1.165) is 14.8 Å². The van der Waals surface area contributed by atoms with Crippen molar-refractivity contribution in [1.82, 2.24) is 10.2 Å². The lowest BCUT2D eigenvalue weighted by atomic mass is 10.1. The fourth-order valence-electron chi connectivity index (χ4n) is 4.27. The summed E-state index contributed by atoms with van der Waals surface area (Å²) in [4.78, 5) is 29.9. The van der Waals surface area contributed by atoms with Crippen LogP contribution in [-0.4, -0.2) is 50.5 Å². The molecule has 3 aromatic rings. The second-order valence-electron chi connectivity index (χ2n) is 10.2. The average molecular weight is 616 g/mol. The third-order valence-corrected chi connectivity index (χ3v) is 9.52. The third kappa shape index (κ3) is 8.50. The number of thioether (sulfide) groups is 1. The number of carbonyl (C=O) groups excluding carboxylic acids is 2. The number of anilines is 1. The number of benzene rings is 3. The molecule has 2 amide bonds. The highest BCUT2D eigenvalue weighted by Crippen LogP contribution is 2.27. The first-order valence-corrected chi connectivity index (χ1v) is 16.6. The summed E-state index contributed by atoms with van der Waals surface area (Å²) in [5, 5.41) is 3.39. The van der Waals surface area contributed by atoms with Crippen LogP contribution in [-0.2, 0) is 26.2 Å². The van der Waals surface area contributed by atoms with Crippen LogP contribution in [0.15, 0.2) is 82.6 Å². The highest BCUT2D eigenvalue weighted by Gasteiger charge is 2.34. The maximum absolute atomic E-state index is 14.1. The molecule has 0 aromatic heterocycles. The topological polar surface area (TPSA) is 86.8 Å². The number of halogens is 1. The van der Waals surface area contributed by atoms with Gasteiger partial charge in [-0.05, 0) is 73.5 Å². The van der Waals surface area contributed by atoms with Gasteiger partial charge in [0.1, 0.15) is 12.6 Å². The molecule has 0 spiro atoms. The fourth-order valence-corrected chi connectivity index (χ4v) is 6.28. The van der Waals surface area contributed by atoms with E-state index >= 15 is 0 Å². The minimum atomic E-state index is -4.13. The van der Waals surface area contributed by atoms with Gasteiger partial charge in [0, 0.05) is 23.0 Å². The Kier molecular flexibility index (Phi) is 11.7. The van der Waals surface area contributed by atoms with Crippen molar-refractivity contribution in [3.05, 3.63) is 88.9 Å². The first-order chi connectivity index (χ1) is 19.5. The Morgan fingerprint density at radius 3 is 2.17 bits per heavy atom. The van der Waals surface area contributed by atoms with E-state index in [1.54, 1.807) is 66.7 Å². The molecule has 10 heteroatoms. The third-order valence-electron chi connectivity index (χ3n) is 6.62. The maximum atomic E-state index is 14.1. The van der Waals surface area contributed by atoms with Gasteiger partial charge in [0.2, 0.25) is 11.8 Å². The van der Waals surface area contributed by atoms with Crippen LogP contribution in [0.1, 0.15) is 38.3 Å². The number of sulfonamides is 1. The monoisotopic (exact) mass is 615 g/mol. The first-order valence-electron chi connectivity index (χ1n) is 13.5. The summed E-state index contributed by atoms with van der Waals surface area (Å²) < 4.78 is 29.1. The Labute approximate surface area is 253 Å². The van der Waals surface area contributed by atoms with Crippen molar-refractivity contribution in [3.63, 3.8) is 0 Å². The molecule has 0 aliphatic carbocycles. The Bertz CT molecular complexity index is 1430. The molecule has 7 nitrogen and oxygen atoms in total. The first kappa shape index (κ1) is 32.5. The summed E-state index contributed by atoms with van der Waals surface area (Å²) in [7, 11) is -4.13. The van der Waals surface area contributed by atoms with E-state index in [9.17, 15) is 18.0 Å². The van der Waals surface area contributed by atoms with E-state index in [1.165, 1.54) is 16.7 Å². The molecule has 0 saturated carbocycles. The summed E-state index contributed by atoms with van der Waals surface area (Å²) in [6.45, 7) is 7.73. The molecular weight excluding hydrogens is 578 g/mol. The van der Waals surface area contributed by atoms with Crippen LogP contribution in [0.2, 0.25) is 5.02 Å². The fraction of sp³-hybridized carbons (Fsp3) is 0.355. The van der Waals surface area contributed by atoms with Gasteiger partial charge >= 0.3 is 0 Å². The smallest absolute Gasteiger partial charge is 0.264 e. The molecule has 3 rings (SSSR count). The van der Waals surface area contributed by atoms with Gasteiger partial charge in [0.15, 0.2) is 0 Å². The minimum Gasteiger partial charge on any atom is -0.354 e. The second kappa shape index (κ2) is 14.8. The van der Waals surface area contributed by atoms with Gasteiger partial charge in [0.05, 0.1) is 10.6 Å². The van der Waals surface area contributed by atoms with Crippen molar-refractivity contribution >= 4 is 50.9 Å². The number of nitrogens with zero attached hydrogens (tertiary/aromatic N) is 2. The largest absolute Gasteiger partial charge is 0.354 e. The van der Waals surface area contributed by atoms with Crippen LogP contribution in [0.4, 0.5) is 5.69 Å². The van der Waals surface area contributed by atoms with Crippen molar-refractivity contribution in [1.29, 1.82) is 0 Å². The molecule has 0 saturated heterocycles. The molecule has 0 bridgehead atoms. The average Bonchev–Trinajstić information content (AvgIpc) is 2.96. The predicted molar refractivity (Wildman–Crippen MR) is 168 cm³/mol. The molecule has 1 atom stereocenters. The normalized spacial score (nSPS) is 12.2. The maximum Gasteiger partial charge on any atom is 0.264 e. The van der Waals surface area contributed by atoms with E-state index in [1.807, 2.05) is 40.0 Å². The Hall–Kier alpha value is -3.01. The lowest BCUT2D eigenvalue weighted by Crippen LogP contribution is -2.52. The van der Waals surface area contributed by atoms with Gasteiger partial charge in [-0.15, -0.1) is 11.8 Å². The van der Waals surface area contributed by atoms with Crippen LogP contribution in [0.3, 0.4) is 0 Å². The van der Waals surface area contributed by atoms with E-state index in [0.29, 0.717) is 29.2 Å². The number of carbonyl (C=O) groups is 2. The zero-order valence-corrected chi connectivity index (χ0v) is 26.5. The lowest BCUT2D eigenvalue weighted by Gasteiger charge is -2.33. The Morgan fingerprint density at radius 2 is 1.61 bits per heavy atom. The van der Waals surface area contributed by atoms with E-state index < -0.39 is 28.5 Å². The van der Waals surface area contributed by atoms with Gasteiger partial charge in [-0.1, -0.05) is 68.3 Å². The molecule has 0 radical (unpaired) electrons. The highest BCUT2D eigenvalue weighted by atomic mass is 35.5. The van der Waals surface area contributed by atoms with Crippen LogP contribution >= 0.6 is 23.4 Å². The van der Waals surface area contributed by atoms with Crippen molar-refractivity contribution in [2.45, 2.75) is 56.5 Å². The number of aryl methyl sites for hydroxylation is 1. The molecule has 0 aliphatic heterocycles. The predicted octanol–water partition coefficient (Wildman–Crippen LogP) is 6.15. The molecule has 3 aromatic carbocycles.